The molecular formula is C32H35Cl2N5O2. The maximum absolute atomic E-state index is 13.7. The Kier molecular flexibility index (Phi) is 9.16. The highest BCUT2D eigenvalue weighted by atomic mass is 35.5. The topological polar surface area (TPSA) is 70.9 Å². The van der Waals surface area contributed by atoms with Crippen LogP contribution in [0.3, 0.4) is 0 Å². The van der Waals surface area contributed by atoms with Crippen LogP contribution in [0.1, 0.15) is 40.7 Å². The second-order valence-electron chi connectivity index (χ2n) is 11.2. The van der Waals surface area contributed by atoms with Crippen LogP contribution in [0.5, 0.6) is 0 Å². The number of halogens is 2. The van der Waals surface area contributed by atoms with Crippen molar-refractivity contribution >= 4 is 45.8 Å². The molecule has 2 amide bonds. The molecule has 5 rings (SSSR count). The number of benzene rings is 3. The minimum absolute atomic E-state index is 0.0577. The van der Waals surface area contributed by atoms with E-state index in [1.807, 2.05) is 60.5 Å². The van der Waals surface area contributed by atoms with Crippen molar-refractivity contribution in [3.63, 3.8) is 0 Å². The molecule has 7 nitrogen and oxygen atoms in total. The van der Waals surface area contributed by atoms with Gasteiger partial charge in [-0.1, -0.05) is 53.5 Å². The molecule has 2 aliphatic rings. The van der Waals surface area contributed by atoms with Crippen molar-refractivity contribution < 1.29 is 9.59 Å². The third-order valence-electron chi connectivity index (χ3n) is 8.48. The van der Waals surface area contributed by atoms with Crippen LogP contribution in [0.2, 0.25) is 10.0 Å². The Labute approximate surface area is 251 Å². The number of likely N-dealkylation sites (N-methyl/N-ethyl adjacent to an activating group) is 1. The molecule has 0 radical (unpaired) electrons. The monoisotopic (exact) mass is 591 g/mol. The van der Waals surface area contributed by atoms with E-state index in [2.05, 4.69) is 15.9 Å². The maximum Gasteiger partial charge on any atom is 0.254 e. The Bertz CT molecular complexity index is 1470. The van der Waals surface area contributed by atoms with Gasteiger partial charge in [-0.15, -0.1) is 0 Å². The molecular weight excluding hydrogens is 557 g/mol. The van der Waals surface area contributed by atoms with Crippen LogP contribution in [0, 0.1) is 11.3 Å². The number of hydrogen-bond acceptors (Lipinski definition) is 5. The first kappa shape index (κ1) is 29.3. The van der Waals surface area contributed by atoms with Gasteiger partial charge in [0.15, 0.2) is 0 Å². The third kappa shape index (κ3) is 6.68. The van der Waals surface area contributed by atoms with Gasteiger partial charge in [-0.3, -0.25) is 14.5 Å². The van der Waals surface area contributed by atoms with Crippen LogP contribution in [0.25, 0.3) is 10.8 Å². The first-order chi connectivity index (χ1) is 19.7. The average molecular weight is 593 g/mol. The van der Waals surface area contributed by atoms with Crippen LogP contribution >= 0.6 is 23.2 Å². The van der Waals surface area contributed by atoms with Gasteiger partial charge >= 0.3 is 0 Å². The molecule has 1 atom stereocenters. The first-order valence-electron chi connectivity index (χ1n) is 14.1. The van der Waals surface area contributed by atoms with Crippen LogP contribution in [0.15, 0.2) is 54.6 Å². The molecule has 0 saturated carbocycles. The van der Waals surface area contributed by atoms with Crippen LogP contribution in [0.4, 0.5) is 0 Å². The van der Waals surface area contributed by atoms with E-state index in [1.165, 1.54) is 0 Å². The quantitative estimate of drug-likeness (QED) is 0.364. The summed E-state index contributed by atoms with van der Waals surface area (Å²) in [5.41, 5.74) is 2.05. The highest BCUT2D eigenvalue weighted by Crippen LogP contribution is 2.31. The van der Waals surface area contributed by atoms with Crippen LogP contribution in [-0.4, -0.2) is 96.9 Å². The Morgan fingerprint density at radius 2 is 1.76 bits per heavy atom. The van der Waals surface area contributed by atoms with Gasteiger partial charge in [-0.05, 0) is 53.6 Å². The number of fused-ring (bicyclic) bond motifs is 1. The Balaban J connectivity index is 1.26. The van der Waals surface area contributed by atoms with Crippen LogP contribution < -0.4 is 0 Å². The molecule has 0 spiro atoms. The summed E-state index contributed by atoms with van der Waals surface area (Å²) in [7, 11) is 1.82. The Hall–Kier alpha value is -3.15. The predicted molar refractivity (Wildman–Crippen MR) is 163 cm³/mol. The number of carbonyl (C=O) groups is 2. The summed E-state index contributed by atoms with van der Waals surface area (Å²) < 4.78 is 0. The highest BCUT2D eigenvalue weighted by molar-refractivity contribution is 6.42. The van der Waals surface area contributed by atoms with Gasteiger partial charge in [0.2, 0.25) is 5.91 Å². The molecule has 0 aliphatic carbocycles. The molecule has 3 aromatic carbocycles. The summed E-state index contributed by atoms with van der Waals surface area (Å²) in [5.74, 6) is 0.0991. The number of carbonyl (C=O) groups excluding carboxylic acids is 2. The molecule has 41 heavy (non-hydrogen) atoms. The summed E-state index contributed by atoms with van der Waals surface area (Å²) >= 11 is 12.6. The summed E-state index contributed by atoms with van der Waals surface area (Å²) in [6.45, 7) is 8.54. The fourth-order valence-electron chi connectivity index (χ4n) is 6.00. The maximum atomic E-state index is 13.7. The van der Waals surface area contributed by atoms with Crippen molar-refractivity contribution in [2.45, 2.75) is 25.3 Å². The number of likely N-dealkylation sites (tertiary alicyclic amines) is 1. The smallest absolute Gasteiger partial charge is 0.254 e. The molecule has 2 heterocycles. The fraction of sp³-hybridized carbons (Fsp3) is 0.406. The van der Waals surface area contributed by atoms with Crippen molar-refractivity contribution in [2.24, 2.45) is 0 Å². The molecule has 2 aliphatic heterocycles. The second-order valence-corrected chi connectivity index (χ2v) is 12.0. The van der Waals surface area contributed by atoms with Gasteiger partial charge in [0.05, 0.1) is 21.7 Å². The van der Waals surface area contributed by atoms with E-state index in [1.54, 1.807) is 17.9 Å². The zero-order valence-electron chi connectivity index (χ0n) is 23.5. The zero-order chi connectivity index (χ0) is 29.1. The van der Waals surface area contributed by atoms with E-state index in [0.717, 1.165) is 68.6 Å². The average Bonchev–Trinajstić information content (AvgIpc) is 2.96. The zero-order valence-corrected chi connectivity index (χ0v) is 25.0. The van der Waals surface area contributed by atoms with Crippen LogP contribution in [-0.2, 0) is 4.79 Å². The van der Waals surface area contributed by atoms with E-state index in [0.29, 0.717) is 33.8 Å². The normalized spacial score (nSPS) is 17.2. The SMILES string of the molecule is CC(=O)N1CCN(C2CN(CCC(CN(C)C(=O)c3cc(C#N)cc4ccccc34)c3ccc(Cl)c(Cl)c3)C2)CC1. The van der Waals surface area contributed by atoms with Gasteiger partial charge < -0.3 is 14.7 Å². The second kappa shape index (κ2) is 12.8. The lowest BCUT2D eigenvalue weighted by atomic mass is 9.93. The predicted octanol–water partition coefficient (Wildman–Crippen LogP) is 5.11. The molecule has 2 saturated heterocycles. The summed E-state index contributed by atoms with van der Waals surface area (Å²) in [4.78, 5) is 34.0. The van der Waals surface area contributed by atoms with Crippen molar-refractivity contribution in [3.8, 4) is 6.07 Å². The molecule has 0 aromatic heterocycles. The number of amides is 2. The fourth-order valence-corrected chi connectivity index (χ4v) is 6.30. The molecule has 214 valence electrons. The van der Waals surface area contributed by atoms with Gasteiger partial charge in [0, 0.05) is 77.3 Å². The molecule has 9 heteroatoms. The molecule has 1 unspecified atom stereocenters. The van der Waals surface area contributed by atoms with Crippen molar-refractivity contribution in [3.05, 3.63) is 81.3 Å². The van der Waals surface area contributed by atoms with E-state index in [4.69, 9.17) is 23.2 Å². The number of hydrogen-bond donors (Lipinski definition) is 0. The minimum atomic E-state index is -0.114. The largest absolute Gasteiger partial charge is 0.341 e. The first-order valence-corrected chi connectivity index (χ1v) is 14.8. The van der Waals surface area contributed by atoms with Gasteiger partial charge in [0.25, 0.3) is 5.91 Å². The van der Waals surface area contributed by atoms with E-state index in [-0.39, 0.29) is 17.7 Å². The standard InChI is InChI=1S/C32H35Cl2N5O2/c1-22(40)38-11-13-39(14-12-38)27-20-37(21-27)10-9-26(24-7-8-30(33)31(34)17-24)19-36(2)32(41)29-16-23(18-35)15-25-5-3-4-6-28(25)29/h3-8,15-17,26-27H,9-14,19-21H2,1-2H3. The Morgan fingerprint density at radius 1 is 1.02 bits per heavy atom. The van der Waals surface area contributed by atoms with Crippen molar-refractivity contribution in [2.75, 3.05) is 59.4 Å². The lowest BCUT2D eigenvalue weighted by Gasteiger charge is -2.48. The molecule has 2 fully saturated rings. The number of nitriles is 1. The number of rotatable bonds is 8. The lowest BCUT2D eigenvalue weighted by Crippen LogP contribution is -2.63. The van der Waals surface area contributed by atoms with Gasteiger partial charge in [0.1, 0.15) is 0 Å². The van der Waals surface area contributed by atoms with E-state index < -0.39 is 0 Å². The summed E-state index contributed by atoms with van der Waals surface area (Å²) in [6.07, 6.45) is 0.861. The molecule has 0 bridgehead atoms. The van der Waals surface area contributed by atoms with E-state index in [9.17, 15) is 14.9 Å². The third-order valence-corrected chi connectivity index (χ3v) is 9.22. The van der Waals surface area contributed by atoms with Gasteiger partial charge in [-0.2, -0.15) is 5.26 Å². The lowest BCUT2D eigenvalue weighted by molar-refractivity contribution is -0.131. The number of nitrogens with zero attached hydrogens (tertiary/aromatic N) is 5. The number of piperazine rings is 1. The van der Waals surface area contributed by atoms with Crippen molar-refractivity contribution in [1.82, 2.24) is 19.6 Å². The van der Waals surface area contributed by atoms with Crippen molar-refractivity contribution in [1.29, 1.82) is 5.26 Å². The molecule has 3 aromatic rings. The summed E-state index contributed by atoms with van der Waals surface area (Å²) in [5, 5.41) is 12.3. The highest BCUT2D eigenvalue weighted by Gasteiger charge is 2.34. The minimum Gasteiger partial charge on any atom is -0.341 e. The molecule has 0 N–H and O–H groups in total. The summed E-state index contributed by atoms with van der Waals surface area (Å²) in [6, 6.07) is 19.6. The van der Waals surface area contributed by atoms with E-state index >= 15 is 0 Å². The Morgan fingerprint density at radius 3 is 2.44 bits per heavy atom. The van der Waals surface area contributed by atoms with Gasteiger partial charge in [-0.25, -0.2) is 0 Å².